The van der Waals surface area contributed by atoms with Crippen molar-refractivity contribution >= 4 is 11.7 Å². The Morgan fingerprint density at radius 1 is 1.36 bits per heavy atom. The molecule has 1 saturated heterocycles. The molecular formula is C20H23F2N5O. The molecular weight excluding hydrogens is 364 g/mol. The van der Waals surface area contributed by atoms with Gasteiger partial charge in [-0.25, -0.2) is 18.7 Å². The monoisotopic (exact) mass is 387 g/mol. The first-order valence-corrected chi connectivity index (χ1v) is 9.44. The van der Waals surface area contributed by atoms with Crippen LogP contribution in [0.25, 0.3) is 0 Å². The quantitative estimate of drug-likeness (QED) is 0.851. The van der Waals surface area contributed by atoms with Crippen molar-refractivity contribution in [3.8, 4) is 0 Å². The zero-order chi connectivity index (χ0) is 19.8. The van der Waals surface area contributed by atoms with Gasteiger partial charge in [-0.15, -0.1) is 0 Å². The third-order valence-corrected chi connectivity index (χ3v) is 5.70. The van der Waals surface area contributed by atoms with Crippen LogP contribution in [-0.2, 0) is 11.3 Å². The maximum absolute atomic E-state index is 14.0. The minimum Gasteiger partial charge on any atom is -0.384 e. The van der Waals surface area contributed by atoms with E-state index in [1.54, 1.807) is 18.3 Å². The van der Waals surface area contributed by atoms with E-state index >= 15 is 0 Å². The molecule has 1 aromatic carbocycles. The maximum atomic E-state index is 14.0. The summed E-state index contributed by atoms with van der Waals surface area (Å²) < 4.78 is 27.4. The lowest BCUT2D eigenvalue weighted by Crippen LogP contribution is -2.37. The normalized spacial score (nSPS) is 24.0. The van der Waals surface area contributed by atoms with Gasteiger partial charge in [-0.3, -0.25) is 9.69 Å². The lowest BCUT2D eigenvalue weighted by atomic mass is 10.1. The van der Waals surface area contributed by atoms with Crippen LogP contribution < -0.4 is 5.73 Å². The Balaban J connectivity index is 1.34. The topological polar surface area (TPSA) is 75.4 Å². The molecule has 3 atom stereocenters. The molecule has 148 valence electrons. The first kappa shape index (κ1) is 18.7. The predicted octanol–water partition coefficient (Wildman–Crippen LogP) is 2.17. The Labute approximate surface area is 162 Å². The molecule has 28 heavy (non-hydrogen) atoms. The Morgan fingerprint density at radius 3 is 2.96 bits per heavy atom. The second-order valence-electron chi connectivity index (χ2n) is 7.63. The SMILES string of the molecule is CN(Cc1nccc(N)n1)C1CCN(C(=O)C2CC2c2cccc(F)c2F)C1. The highest BCUT2D eigenvalue weighted by atomic mass is 19.2. The molecule has 1 saturated carbocycles. The number of nitrogens with zero attached hydrogens (tertiary/aromatic N) is 4. The molecule has 2 heterocycles. The third kappa shape index (κ3) is 3.69. The van der Waals surface area contributed by atoms with Crippen LogP contribution in [0, 0.1) is 17.6 Å². The Kier molecular flexibility index (Phi) is 4.97. The summed E-state index contributed by atoms with van der Waals surface area (Å²) in [6.07, 6.45) is 3.07. The molecule has 1 aliphatic heterocycles. The van der Waals surface area contributed by atoms with E-state index in [2.05, 4.69) is 14.9 Å². The van der Waals surface area contributed by atoms with E-state index in [4.69, 9.17) is 5.73 Å². The number of anilines is 1. The first-order valence-electron chi connectivity index (χ1n) is 9.44. The van der Waals surface area contributed by atoms with Crippen LogP contribution in [0.3, 0.4) is 0 Å². The molecule has 2 aromatic rings. The summed E-state index contributed by atoms with van der Waals surface area (Å²) in [6.45, 7) is 1.84. The summed E-state index contributed by atoms with van der Waals surface area (Å²) in [5, 5.41) is 0. The fraction of sp³-hybridized carbons (Fsp3) is 0.450. The molecule has 1 amide bonds. The summed E-state index contributed by atoms with van der Waals surface area (Å²) in [5.41, 5.74) is 6.01. The molecule has 1 aromatic heterocycles. The van der Waals surface area contributed by atoms with Crippen LogP contribution in [0.4, 0.5) is 14.6 Å². The largest absolute Gasteiger partial charge is 0.384 e. The average Bonchev–Trinajstić information content (AvgIpc) is 3.29. The zero-order valence-electron chi connectivity index (χ0n) is 15.7. The third-order valence-electron chi connectivity index (χ3n) is 5.70. The van der Waals surface area contributed by atoms with Gasteiger partial charge in [-0.1, -0.05) is 12.1 Å². The highest BCUT2D eigenvalue weighted by Crippen LogP contribution is 2.49. The molecule has 2 N–H and O–H groups in total. The van der Waals surface area contributed by atoms with Crippen LogP contribution in [-0.4, -0.2) is 51.9 Å². The second-order valence-corrected chi connectivity index (χ2v) is 7.63. The van der Waals surface area contributed by atoms with Gasteiger partial charge < -0.3 is 10.6 Å². The van der Waals surface area contributed by atoms with Crippen molar-refractivity contribution in [1.29, 1.82) is 0 Å². The number of carbonyl (C=O) groups excluding carboxylic acids is 1. The number of aromatic nitrogens is 2. The molecule has 8 heteroatoms. The highest BCUT2D eigenvalue weighted by Gasteiger charge is 2.48. The molecule has 0 spiro atoms. The molecule has 1 aliphatic carbocycles. The number of likely N-dealkylation sites (N-methyl/N-ethyl adjacent to an activating group) is 1. The van der Waals surface area contributed by atoms with Gasteiger partial charge in [0.05, 0.1) is 6.54 Å². The summed E-state index contributed by atoms with van der Waals surface area (Å²) in [6, 6.07) is 6.02. The molecule has 0 bridgehead atoms. The number of rotatable bonds is 5. The van der Waals surface area contributed by atoms with Crippen LogP contribution >= 0.6 is 0 Å². The Morgan fingerprint density at radius 2 is 2.18 bits per heavy atom. The van der Waals surface area contributed by atoms with Crippen molar-refractivity contribution < 1.29 is 13.6 Å². The lowest BCUT2D eigenvalue weighted by Gasteiger charge is -2.24. The lowest BCUT2D eigenvalue weighted by molar-refractivity contribution is -0.131. The van der Waals surface area contributed by atoms with Gasteiger partial charge in [-0.2, -0.15) is 0 Å². The molecule has 6 nitrogen and oxygen atoms in total. The molecule has 0 radical (unpaired) electrons. The first-order chi connectivity index (χ1) is 13.4. The Bertz CT molecular complexity index is 893. The number of hydrogen-bond donors (Lipinski definition) is 1. The highest BCUT2D eigenvalue weighted by molar-refractivity contribution is 5.83. The van der Waals surface area contributed by atoms with Crippen molar-refractivity contribution in [2.45, 2.75) is 31.3 Å². The number of amides is 1. The summed E-state index contributed by atoms with van der Waals surface area (Å²) in [4.78, 5) is 25.2. The van der Waals surface area contributed by atoms with Gasteiger partial charge in [0.25, 0.3) is 0 Å². The average molecular weight is 387 g/mol. The second kappa shape index (κ2) is 7.43. The van der Waals surface area contributed by atoms with Crippen molar-refractivity contribution in [3.63, 3.8) is 0 Å². The minimum absolute atomic E-state index is 0.0322. The smallest absolute Gasteiger partial charge is 0.226 e. The summed E-state index contributed by atoms with van der Waals surface area (Å²) in [5.74, 6) is -1.05. The van der Waals surface area contributed by atoms with Crippen molar-refractivity contribution in [2.75, 3.05) is 25.9 Å². The van der Waals surface area contributed by atoms with Gasteiger partial charge in [-0.05, 0) is 43.5 Å². The standard InChI is InChI=1S/C20H23F2N5O/c1-26(11-18-24-7-5-17(23)25-18)12-6-8-27(10-12)20(28)15-9-14(15)13-3-2-4-16(21)19(13)22/h2-5,7,12,14-15H,6,8-11H2,1H3,(H2,23,24,25). The van der Waals surface area contributed by atoms with Gasteiger partial charge in [0.1, 0.15) is 11.6 Å². The molecule has 2 fully saturated rings. The molecule has 3 unspecified atom stereocenters. The number of hydrogen-bond acceptors (Lipinski definition) is 5. The Hall–Kier alpha value is -2.61. The van der Waals surface area contributed by atoms with Crippen LogP contribution in [0.15, 0.2) is 30.5 Å². The number of carbonyl (C=O) groups is 1. The van der Waals surface area contributed by atoms with Gasteiger partial charge in [0.2, 0.25) is 5.91 Å². The maximum Gasteiger partial charge on any atom is 0.226 e. The van der Waals surface area contributed by atoms with Crippen LogP contribution in [0.5, 0.6) is 0 Å². The fourth-order valence-electron chi connectivity index (χ4n) is 4.00. The van der Waals surface area contributed by atoms with E-state index in [9.17, 15) is 13.6 Å². The number of benzene rings is 1. The predicted molar refractivity (Wildman–Crippen MR) is 100 cm³/mol. The summed E-state index contributed by atoms with van der Waals surface area (Å²) in [7, 11) is 1.98. The number of nitrogens with two attached hydrogens (primary N) is 1. The van der Waals surface area contributed by atoms with Crippen molar-refractivity contribution in [3.05, 3.63) is 53.5 Å². The van der Waals surface area contributed by atoms with E-state index in [1.165, 1.54) is 6.07 Å². The van der Waals surface area contributed by atoms with E-state index in [0.29, 0.717) is 43.3 Å². The van der Waals surface area contributed by atoms with E-state index in [1.807, 2.05) is 11.9 Å². The molecule has 4 rings (SSSR count). The number of nitrogen functional groups attached to an aromatic ring is 1. The van der Waals surface area contributed by atoms with Gasteiger partial charge >= 0.3 is 0 Å². The summed E-state index contributed by atoms with van der Waals surface area (Å²) >= 11 is 0. The number of likely N-dealkylation sites (tertiary alicyclic amines) is 1. The van der Waals surface area contributed by atoms with Crippen molar-refractivity contribution in [2.24, 2.45) is 5.92 Å². The zero-order valence-corrected chi connectivity index (χ0v) is 15.7. The van der Waals surface area contributed by atoms with Gasteiger partial charge in [0, 0.05) is 31.2 Å². The minimum atomic E-state index is -0.859. The van der Waals surface area contributed by atoms with E-state index in [0.717, 1.165) is 12.5 Å². The fourth-order valence-corrected chi connectivity index (χ4v) is 4.00. The van der Waals surface area contributed by atoms with Crippen LogP contribution in [0.1, 0.15) is 30.1 Å². The van der Waals surface area contributed by atoms with Gasteiger partial charge in [0.15, 0.2) is 11.6 Å². The van der Waals surface area contributed by atoms with Crippen LogP contribution in [0.2, 0.25) is 0 Å². The van der Waals surface area contributed by atoms with E-state index in [-0.39, 0.29) is 23.8 Å². The van der Waals surface area contributed by atoms with Crippen molar-refractivity contribution in [1.82, 2.24) is 19.8 Å². The molecule has 2 aliphatic rings. The number of halogens is 2. The van der Waals surface area contributed by atoms with E-state index < -0.39 is 11.6 Å².